The van der Waals surface area contributed by atoms with E-state index in [1.807, 2.05) is 18.4 Å². The molecule has 1 fully saturated rings. The van der Waals surface area contributed by atoms with Gasteiger partial charge in [-0.15, -0.1) is 11.3 Å². The third-order valence-electron chi connectivity index (χ3n) is 4.50. The molecule has 0 spiro atoms. The van der Waals surface area contributed by atoms with Crippen LogP contribution in [0.15, 0.2) is 29.6 Å². The second kappa shape index (κ2) is 8.39. The van der Waals surface area contributed by atoms with Crippen molar-refractivity contribution in [1.82, 2.24) is 4.90 Å². The van der Waals surface area contributed by atoms with Gasteiger partial charge in [-0.1, -0.05) is 23.2 Å². The van der Waals surface area contributed by atoms with Gasteiger partial charge in [0.25, 0.3) is 5.91 Å². The van der Waals surface area contributed by atoms with Gasteiger partial charge in [0, 0.05) is 15.9 Å². The number of halogens is 2. The number of thiophene rings is 1. The van der Waals surface area contributed by atoms with Crippen molar-refractivity contribution in [1.29, 1.82) is 0 Å². The SMILES string of the molecule is Cc1ccsc1CN(C(=O)COc1ccc(Cl)cc1Cl)[C@@H]1CCS(=O)(=O)C1. The van der Waals surface area contributed by atoms with Gasteiger partial charge in [-0.3, -0.25) is 4.79 Å². The van der Waals surface area contributed by atoms with Crippen molar-refractivity contribution in [2.75, 3.05) is 18.1 Å². The lowest BCUT2D eigenvalue weighted by molar-refractivity contribution is -0.135. The van der Waals surface area contributed by atoms with Gasteiger partial charge in [0.2, 0.25) is 0 Å². The Balaban J connectivity index is 1.75. The van der Waals surface area contributed by atoms with Gasteiger partial charge in [-0.05, 0) is 48.6 Å². The van der Waals surface area contributed by atoms with Crippen LogP contribution in [0.4, 0.5) is 0 Å². The Morgan fingerprint density at radius 2 is 2.11 bits per heavy atom. The third-order valence-corrected chi connectivity index (χ3v) is 7.79. The lowest BCUT2D eigenvalue weighted by Crippen LogP contribution is -2.43. The van der Waals surface area contributed by atoms with Crippen molar-refractivity contribution in [2.24, 2.45) is 0 Å². The summed E-state index contributed by atoms with van der Waals surface area (Å²) in [6.45, 7) is 2.13. The molecule has 0 saturated carbocycles. The minimum absolute atomic E-state index is 0.00906. The van der Waals surface area contributed by atoms with Crippen LogP contribution in [-0.2, 0) is 21.2 Å². The zero-order valence-electron chi connectivity index (χ0n) is 14.7. The first-order valence-corrected chi connectivity index (χ1v) is 11.8. The fraction of sp³-hybridized carbons (Fsp3) is 0.389. The maximum atomic E-state index is 12.9. The summed E-state index contributed by atoms with van der Waals surface area (Å²) >= 11 is 13.5. The van der Waals surface area contributed by atoms with Crippen molar-refractivity contribution in [2.45, 2.75) is 25.9 Å². The normalized spacial score (nSPS) is 18.4. The predicted molar refractivity (Wildman–Crippen MR) is 109 cm³/mol. The van der Waals surface area contributed by atoms with Gasteiger partial charge in [0.1, 0.15) is 5.75 Å². The molecule has 3 rings (SSSR count). The number of benzene rings is 1. The molecule has 1 saturated heterocycles. The Morgan fingerprint density at radius 1 is 1.33 bits per heavy atom. The number of hydrogen-bond donors (Lipinski definition) is 0. The highest BCUT2D eigenvalue weighted by Gasteiger charge is 2.35. The van der Waals surface area contributed by atoms with Crippen LogP contribution in [0.5, 0.6) is 5.75 Å². The molecule has 0 aliphatic carbocycles. The van der Waals surface area contributed by atoms with Crippen LogP contribution in [-0.4, -0.2) is 43.4 Å². The molecule has 2 heterocycles. The molecule has 0 radical (unpaired) electrons. The number of ether oxygens (including phenoxy) is 1. The van der Waals surface area contributed by atoms with Gasteiger partial charge in [-0.2, -0.15) is 0 Å². The Hall–Kier alpha value is -1.28. The number of hydrogen-bond acceptors (Lipinski definition) is 5. The monoisotopic (exact) mass is 447 g/mol. The maximum absolute atomic E-state index is 12.9. The number of sulfone groups is 1. The zero-order chi connectivity index (χ0) is 19.6. The van der Waals surface area contributed by atoms with Crippen LogP contribution in [0.2, 0.25) is 10.0 Å². The molecular formula is C18H19Cl2NO4S2. The van der Waals surface area contributed by atoms with Crippen molar-refractivity contribution >= 4 is 50.3 Å². The second-order valence-corrected chi connectivity index (χ2v) is 10.5. The van der Waals surface area contributed by atoms with Crippen molar-refractivity contribution in [3.63, 3.8) is 0 Å². The Morgan fingerprint density at radius 3 is 2.70 bits per heavy atom. The van der Waals surface area contributed by atoms with Crippen molar-refractivity contribution in [3.05, 3.63) is 50.1 Å². The molecule has 0 N–H and O–H groups in total. The first-order valence-electron chi connectivity index (χ1n) is 8.36. The Kier molecular flexibility index (Phi) is 6.35. The van der Waals surface area contributed by atoms with Crippen LogP contribution >= 0.6 is 34.5 Å². The highest BCUT2D eigenvalue weighted by atomic mass is 35.5. The summed E-state index contributed by atoms with van der Waals surface area (Å²) in [6.07, 6.45) is 0.445. The van der Waals surface area contributed by atoms with E-state index < -0.39 is 9.84 Å². The summed E-state index contributed by atoms with van der Waals surface area (Å²) in [6, 6.07) is 6.42. The Bertz CT molecular complexity index is 943. The summed E-state index contributed by atoms with van der Waals surface area (Å²) in [4.78, 5) is 15.5. The van der Waals surface area contributed by atoms with Gasteiger partial charge >= 0.3 is 0 Å². The highest BCUT2D eigenvalue weighted by Crippen LogP contribution is 2.28. The molecule has 1 amide bonds. The molecule has 9 heteroatoms. The van der Waals surface area contributed by atoms with Gasteiger partial charge in [0.15, 0.2) is 16.4 Å². The van der Waals surface area contributed by atoms with E-state index in [1.165, 1.54) is 0 Å². The van der Waals surface area contributed by atoms with E-state index in [0.29, 0.717) is 28.8 Å². The number of rotatable bonds is 6. The van der Waals surface area contributed by atoms with Crippen LogP contribution < -0.4 is 4.74 Å². The van der Waals surface area contributed by atoms with E-state index in [2.05, 4.69) is 0 Å². The topological polar surface area (TPSA) is 63.7 Å². The standard InChI is InChI=1S/C18H19Cl2NO4S2/c1-12-4-6-26-17(12)9-21(14-5-7-27(23,24)11-14)18(22)10-25-16-3-2-13(19)8-15(16)20/h2-4,6,8,14H,5,7,9-11H2,1H3/t14-/m1/s1. The molecule has 1 aliphatic heterocycles. The molecule has 1 aromatic heterocycles. The van der Waals surface area contributed by atoms with E-state index in [1.54, 1.807) is 34.4 Å². The fourth-order valence-electron chi connectivity index (χ4n) is 2.98. The van der Waals surface area contributed by atoms with Gasteiger partial charge < -0.3 is 9.64 Å². The molecule has 1 aromatic carbocycles. The zero-order valence-corrected chi connectivity index (χ0v) is 17.8. The summed E-state index contributed by atoms with van der Waals surface area (Å²) in [5.41, 5.74) is 1.08. The molecule has 146 valence electrons. The minimum Gasteiger partial charge on any atom is -0.482 e. The van der Waals surface area contributed by atoms with E-state index in [9.17, 15) is 13.2 Å². The average molecular weight is 448 g/mol. The molecule has 27 heavy (non-hydrogen) atoms. The second-order valence-electron chi connectivity index (χ2n) is 6.47. The van der Waals surface area contributed by atoms with Crippen LogP contribution in [0.25, 0.3) is 0 Å². The summed E-state index contributed by atoms with van der Waals surface area (Å²) in [5.74, 6) is 0.191. The molecule has 1 aliphatic rings. The molecule has 1 atom stereocenters. The van der Waals surface area contributed by atoms with Crippen LogP contribution in [0.1, 0.15) is 16.9 Å². The minimum atomic E-state index is -3.11. The quantitative estimate of drug-likeness (QED) is 0.671. The fourth-order valence-corrected chi connectivity index (χ4v) is 6.08. The number of aryl methyl sites for hydroxylation is 1. The number of carbonyl (C=O) groups is 1. The highest BCUT2D eigenvalue weighted by molar-refractivity contribution is 7.91. The van der Waals surface area contributed by atoms with Crippen molar-refractivity contribution < 1.29 is 17.9 Å². The number of nitrogens with zero attached hydrogens (tertiary/aromatic N) is 1. The number of amides is 1. The number of carbonyl (C=O) groups excluding carboxylic acids is 1. The van der Waals surface area contributed by atoms with E-state index >= 15 is 0 Å². The molecule has 2 aromatic rings. The summed E-state index contributed by atoms with van der Waals surface area (Å²) < 4.78 is 29.4. The largest absolute Gasteiger partial charge is 0.482 e. The van der Waals surface area contributed by atoms with Gasteiger partial charge in [-0.25, -0.2) is 8.42 Å². The van der Waals surface area contributed by atoms with E-state index in [4.69, 9.17) is 27.9 Å². The van der Waals surface area contributed by atoms with Gasteiger partial charge in [0.05, 0.1) is 23.1 Å². The summed E-state index contributed by atoms with van der Waals surface area (Å²) in [7, 11) is -3.11. The van der Waals surface area contributed by atoms with Crippen LogP contribution in [0.3, 0.4) is 0 Å². The summed E-state index contributed by atoms with van der Waals surface area (Å²) in [5, 5.41) is 2.76. The Labute approximate surface area is 172 Å². The lowest BCUT2D eigenvalue weighted by atomic mass is 10.2. The molecular weight excluding hydrogens is 429 g/mol. The van der Waals surface area contributed by atoms with Crippen LogP contribution in [0, 0.1) is 6.92 Å². The maximum Gasteiger partial charge on any atom is 0.261 e. The van der Waals surface area contributed by atoms with Crippen molar-refractivity contribution in [3.8, 4) is 5.75 Å². The van der Waals surface area contributed by atoms with E-state index in [-0.39, 0.29) is 30.1 Å². The molecule has 0 unspecified atom stereocenters. The lowest BCUT2D eigenvalue weighted by Gasteiger charge is -2.28. The molecule has 5 nitrogen and oxygen atoms in total. The third kappa shape index (κ3) is 5.16. The van der Waals surface area contributed by atoms with E-state index in [0.717, 1.165) is 10.4 Å². The average Bonchev–Trinajstić information content (AvgIpc) is 3.16. The smallest absolute Gasteiger partial charge is 0.261 e. The first kappa shape index (κ1) is 20.5. The molecule has 0 bridgehead atoms. The first-order chi connectivity index (χ1) is 12.7. The predicted octanol–water partition coefficient (Wildman–Crippen LogP) is 3.96.